The van der Waals surface area contributed by atoms with Gasteiger partial charge in [-0.05, 0) is 59.7 Å². The SMILES string of the molecule is COc1cc(/C=C2/SC(NCCc3ccccc3)=NC2=O)ccc1OCc1ccc(C(F)(F)F)cc1C(F)(F)F. The molecule has 40 heavy (non-hydrogen) atoms. The van der Waals surface area contributed by atoms with Gasteiger partial charge in [-0.25, -0.2) is 0 Å². The van der Waals surface area contributed by atoms with Crippen molar-refractivity contribution in [1.82, 2.24) is 5.32 Å². The predicted molar refractivity (Wildman–Crippen MR) is 140 cm³/mol. The highest BCUT2D eigenvalue weighted by atomic mass is 32.2. The molecule has 210 valence electrons. The zero-order chi connectivity index (χ0) is 28.9. The Morgan fingerprint density at radius 1 is 0.925 bits per heavy atom. The molecule has 12 heteroatoms. The first kappa shape index (κ1) is 29.1. The Morgan fingerprint density at radius 2 is 1.68 bits per heavy atom. The van der Waals surface area contributed by atoms with E-state index in [1.54, 1.807) is 12.1 Å². The molecule has 5 nitrogen and oxygen atoms in total. The molecule has 0 aliphatic carbocycles. The number of nitrogens with zero attached hydrogens (tertiary/aromatic N) is 1. The summed E-state index contributed by atoms with van der Waals surface area (Å²) in [5.74, 6) is -0.191. The molecule has 0 saturated heterocycles. The maximum atomic E-state index is 13.4. The summed E-state index contributed by atoms with van der Waals surface area (Å²) < 4.78 is 89.9. The number of hydrogen-bond donors (Lipinski definition) is 1. The van der Waals surface area contributed by atoms with E-state index in [1.165, 1.54) is 31.0 Å². The van der Waals surface area contributed by atoms with E-state index in [2.05, 4.69) is 10.3 Å². The van der Waals surface area contributed by atoms with Crippen LogP contribution in [0.5, 0.6) is 11.5 Å². The van der Waals surface area contributed by atoms with Crippen LogP contribution in [-0.2, 0) is 30.2 Å². The lowest BCUT2D eigenvalue weighted by Crippen LogP contribution is -2.21. The van der Waals surface area contributed by atoms with Crippen LogP contribution in [0.1, 0.15) is 27.8 Å². The molecule has 3 aromatic carbocycles. The number of aliphatic imine (C=N–C) groups is 1. The van der Waals surface area contributed by atoms with Gasteiger partial charge < -0.3 is 14.8 Å². The fourth-order valence-electron chi connectivity index (χ4n) is 3.79. The average Bonchev–Trinajstić information content (AvgIpc) is 3.25. The third-order valence-corrected chi connectivity index (χ3v) is 6.71. The van der Waals surface area contributed by atoms with E-state index in [4.69, 9.17) is 9.47 Å². The first-order valence-corrected chi connectivity index (χ1v) is 12.6. The van der Waals surface area contributed by atoms with Gasteiger partial charge in [0.2, 0.25) is 0 Å². The molecule has 0 fully saturated rings. The van der Waals surface area contributed by atoms with Crippen LogP contribution >= 0.6 is 11.8 Å². The lowest BCUT2D eigenvalue weighted by Gasteiger charge is -2.17. The van der Waals surface area contributed by atoms with E-state index in [1.807, 2.05) is 30.3 Å². The van der Waals surface area contributed by atoms with E-state index >= 15 is 0 Å². The summed E-state index contributed by atoms with van der Waals surface area (Å²) in [5, 5.41) is 3.60. The first-order chi connectivity index (χ1) is 18.9. The number of alkyl halides is 6. The number of rotatable bonds is 8. The van der Waals surface area contributed by atoms with Crippen LogP contribution in [0.3, 0.4) is 0 Å². The van der Waals surface area contributed by atoms with Gasteiger partial charge in [-0.2, -0.15) is 31.3 Å². The minimum Gasteiger partial charge on any atom is -0.493 e. The van der Waals surface area contributed by atoms with Crippen molar-refractivity contribution >= 4 is 28.9 Å². The molecule has 0 aromatic heterocycles. The summed E-state index contributed by atoms with van der Waals surface area (Å²) in [6.45, 7) is -0.0603. The quantitative estimate of drug-likeness (QED) is 0.227. The number of thioether (sulfide) groups is 1. The Bertz CT molecular complexity index is 1440. The summed E-state index contributed by atoms with van der Waals surface area (Å²) in [6.07, 6.45) is -7.59. The Balaban J connectivity index is 1.43. The summed E-state index contributed by atoms with van der Waals surface area (Å²) in [5.41, 5.74) is -1.62. The smallest absolute Gasteiger partial charge is 0.416 e. The number of ether oxygens (including phenoxy) is 2. The van der Waals surface area contributed by atoms with Crippen LogP contribution < -0.4 is 14.8 Å². The lowest BCUT2D eigenvalue weighted by atomic mass is 10.0. The van der Waals surface area contributed by atoms with Crippen molar-refractivity contribution in [2.24, 2.45) is 4.99 Å². The van der Waals surface area contributed by atoms with E-state index in [0.29, 0.717) is 28.2 Å². The number of carbonyl (C=O) groups excluding carboxylic acids is 1. The van der Waals surface area contributed by atoms with Gasteiger partial charge in [0.15, 0.2) is 16.7 Å². The minimum absolute atomic E-state index is 0.0638. The van der Waals surface area contributed by atoms with Crippen molar-refractivity contribution < 1.29 is 40.6 Å². The number of hydrogen-bond acceptors (Lipinski definition) is 5. The standard InChI is InChI=1S/C28H22F6N2O3S/c1-38-23-13-18(14-24-25(37)36-26(40-24)35-12-11-17-5-3-2-4-6-17)7-10-22(23)39-16-19-8-9-20(27(29,30)31)15-21(19)28(32,33)34/h2-10,13-15H,11-12,16H2,1H3,(H,35,36,37)/b24-14+. The van der Waals surface area contributed by atoms with Crippen molar-refractivity contribution in [2.75, 3.05) is 13.7 Å². The zero-order valence-electron chi connectivity index (χ0n) is 20.9. The van der Waals surface area contributed by atoms with Crippen molar-refractivity contribution in [3.63, 3.8) is 0 Å². The van der Waals surface area contributed by atoms with Crippen molar-refractivity contribution in [1.29, 1.82) is 0 Å². The van der Waals surface area contributed by atoms with Gasteiger partial charge in [-0.1, -0.05) is 42.5 Å². The van der Waals surface area contributed by atoms with Gasteiger partial charge in [0.1, 0.15) is 6.61 Å². The third kappa shape index (κ3) is 7.38. The van der Waals surface area contributed by atoms with Crippen LogP contribution in [0.4, 0.5) is 26.3 Å². The molecule has 1 aliphatic heterocycles. The topological polar surface area (TPSA) is 59.9 Å². The monoisotopic (exact) mass is 580 g/mol. The molecule has 1 amide bonds. The highest BCUT2D eigenvalue weighted by Gasteiger charge is 2.38. The molecular formula is C28H22F6N2O3S. The molecule has 1 aliphatic rings. The predicted octanol–water partition coefficient (Wildman–Crippen LogP) is 7.11. The van der Waals surface area contributed by atoms with Gasteiger partial charge in [0.05, 0.1) is 23.1 Å². The Hall–Kier alpha value is -3.93. The highest BCUT2D eigenvalue weighted by molar-refractivity contribution is 8.18. The van der Waals surface area contributed by atoms with Crippen LogP contribution in [0.15, 0.2) is 76.6 Å². The minimum atomic E-state index is -5.01. The Morgan fingerprint density at radius 3 is 2.35 bits per heavy atom. The molecule has 0 atom stereocenters. The van der Waals surface area contributed by atoms with E-state index in [0.717, 1.165) is 18.1 Å². The van der Waals surface area contributed by atoms with Crippen LogP contribution in [-0.4, -0.2) is 24.7 Å². The third-order valence-electron chi connectivity index (χ3n) is 5.76. The van der Waals surface area contributed by atoms with E-state index in [-0.39, 0.29) is 17.6 Å². The number of benzene rings is 3. The highest BCUT2D eigenvalue weighted by Crippen LogP contribution is 2.38. The fraction of sp³-hybridized carbons (Fsp3) is 0.214. The lowest BCUT2D eigenvalue weighted by molar-refractivity contribution is -0.143. The zero-order valence-corrected chi connectivity index (χ0v) is 21.7. The van der Waals surface area contributed by atoms with Gasteiger partial charge in [-0.3, -0.25) is 4.79 Å². The molecule has 1 heterocycles. The number of carbonyl (C=O) groups is 1. The normalized spacial score (nSPS) is 14.8. The molecule has 0 spiro atoms. The molecule has 4 rings (SSSR count). The van der Waals surface area contributed by atoms with Gasteiger partial charge in [-0.15, -0.1) is 0 Å². The molecule has 0 saturated carbocycles. The Kier molecular flexibility index (Phi) is 8.77. The van der Waals surface area contributed by atoms with Gasteiger partial charge >= 0.3 is 12.4 Å². The molecular weight excluding hydrogens is 558 g/mol. The van der Waals surface area contributed by atoms with Crippen LogP contribution in [0.2, 0.25) is 0 Å². The van der Waals surface area contributed by atoms with E-state index in [9.17, 15) is 31.1 Å². The number of nitrogens with one attached hydrogen (secondary N) is 1. The van der Waals surface area contributed by atoms with Crippen LogP contribution in [0.25, 0.3) is 6.08 Å². The Labute approximate surface area is 229 Å². The van der Waals surface area contributed by atoms with Gasteiger partial charge in [0, 0.05) is 12.1 Å². The maximum absolute atomic E-state index is 13.4. The van der Waals surface area contributed by atoms with Crippen molar-refractivity contribution in [2.45, 2.75) is 25.4 Å². The van der Waals surface area contributed by atoms with Crippen LogP contribution in [0, 0.1) is 0 Å². The summed E-state index contributed by atoms with van der Waals surface area (Å²) >= 11 is 1.17. The largest absolute Gasteiger partial charge is 0.493 e. The fourth-order valence-corrected chi connectivity index (χ4v) is 4.62. The second-order valence-electron chi connectivity index (χ2n) is 8.56. The second-order valence-corrected chi connectivity index (χ2v) is 9.59. The second kappa shape index (κ2) is 12.1. The van der Waals surface area contributed by atoms with Crippen molar-refractivity contribution in [3.05, 3.63) is 99.5 Å². The summed E-state index contributed by atoms with van der Waals surface area (Å²) in [4.78, 5) is 16.7. The van der Waals surface area contributed by atoms with Crippen molar-refractivity contribution in [3.8, 4) is 11.5 Å². The number of amidine groups is 1. The van der Waals surface area contributed by atoms with E-state index < -0.39 is 41.6 Å². The average molecular weight is 581 g/mol. The van der Waals surface area contributed by atoms with Gasteiger partial charge in [0.25, 0.3) is 5.91 Å². The maximum Gasteiger partial charge on any atom is 0.416 e. The molecule has 3 aromatic rings. The molecule has 0 bridgehead atoms. The number of halogens is 6. The summed E-state index contributed by atoms with van der Waals surface area (Å²) in [7, 11) is 1.33. The first-order valence-electron chi connectivity index (χ1n) is 11.8. The summed E-state index contributed by atoms with van der Waals surface area (Å²) in [6, 6.07) is 15.7. The molecule has 0 unspecified atom stereocenters. The number of amides is 1. The molecule has 0 radical (unpaired) electrons. The molecule has 1 N–H and O–H groups in total. The number of methoxy groups -OCH3 is 1.